The first-order valence-electron chi connectivity index (χ1n) is 10.4. The Labute approximate surface area is 183 Å². The lowest BCUT2D eigenvalue weighted by Crippen LogP contribution is -2.42. The van der Waals surface area contributed by atoms with Gasteiger partial charge in [0, 0.05) is 25.6 Å². The fourth-order valence-corrected chi connectivity index (χ4v) is 5.73. The van der Waals surface area contributed by atoms with E-state index in [1.54, 1.807) is 24.3 Å². The number of hydrogen-bond acceptors (Lipinski definition) is 4. The van der Waals surface area contributed by atoms with E-state index in [1.165, 1.54) is 23.4 Å². The molecule has 8 heteroatoms. The Bertz CT molecular complexity index is 1090. The molecule has 0 spiro atoms. The summed E-state index contributed by atoms with van der Waals surface area (Å²) < 4.78 is 27.9. The third kappa shape index (κ3) is 5.51. The predicted octanol–water partition coefficient (Wildman–Crippen LogP) is 3.87. The Morgan fingerprint density at radius 1 is 0.968 bits per heavy atom. The summed E-state index contributed by atoms with van der Waals surface area (Å²) >= 11 is 0. The van der Waals surface area contributed by atoms with Crippen LogP contribution in [0.4, 0.5) is 11.4 Å². The van der Waals surface area contributed by atoms with Crippen molar-refractivity contribution in [3.8, 4) is 0 Å². The second kappa shape index (κ2) is 9.20. The minimum Gasteiger partial charge on any atom is -0.325 e. The van der Waals surface area contributed by atoms with Crippen LogP contribution in [0.1, 0.15) is 43.1 Å². The van der Waals surface area contributed by atoms with Crippen LogP contribution >= 0.6 is 0 Å². The van der Waals surface area contributed by atoms with Crippen LogP contribution in [0.3, 0.4) is 0 Å². The molecule has 0 aromatic heterocycles. The lowest BCUT2D eigenvalue weighted by molar-refractivity contribution is -0.114. The van der Waals surface area contributed by atoms with Gasteiger partial charge in [-0.25, -0.2) is 8.42 Å². The molecule has 3 rings (SSSR count). The lowest BCUT2D eigenvalue weighted by Gasteiger charge is -2.34. The smallest absolute Gasteiger partial charge is 0.255 e. The zero-order valence-corrected chi connectivity index (χ0v) is 19.1. The molecule has 2 aromatic carbocycles. The van der Waals surface area contributed by atoms with Crippen LogP contribution in [0.25, 0.3) is 0 Å². The number of anilines is 2. The van der Waals surface area contributed by atoms with Crippen molar-refractivity contribution in [1.29, 1.82) is 0 Å². The number of nitrogens with one attached hydrogen (secondary N) is 2. The average Bonchev–Trinajstić information content (AvgIpc) is 2.69. The number of hydrogen-bond donors (Lipinski definition) is 2. The van der Waals surface area contributed by atoms with Crippen LogP contribution in [0.2, 0.25) is 0 Å². The second-order valence-electron chi connectivity index (χ2n) is 8.48. The fourth-order valence-electron chi connectivity index (χ4n) is 4.00. The molecule has 0 aliphatic carbocycles. The molecule has 1 aliphatic heterocycles. The summed E-state index contributed by atoms with van der Waals surface area (Å²) in [6, 6.07) is 11.4. The number of carbonyl (C=O) groups excluding carboxylic acids is 2. The first-order valence-corrected chi connectivity index (χ1v) is 11.8. The number of piperidine rings is 1. The maximum Gasteiger partial charge on any atom is 0.255 e. The molecule has 7 nitrogen and oxygen atoms in total. The number of carbonyl (C=O) groups is 2. The van der Waals surface area contributed by atoms with Gasteiger partial charge in [0.25, 0.3) is 5.91 Å². The summed E-state index contributed by atoms with van der Waals surface area (Å²) in [6.07, 6.45) is 1.00. The van der Waals surface area contributed by atoms with Gasteiger partial charge in [-0.05, 0) is 61.1 Å². The standard InChI is InChI=1S/C23H29N3O4S/c1-15-8-9-21(24-18(4)27)22(11-15)25-23(28)19-6-5-7-20(12-19)31(29,30)26-13-16(2)10-17(3)14-26/h5-9,11-12,16-17H,10,13-14H2,1-4H3,(H,24,27)(H,25,28). The van der Waals surface area contributed by atoms with Crippen LogP contribution in [0, 0.1) is 18.8 Å². The molecule has 0 radical (unpaired) electrons. The molecule has 2 aromatic rings. The molecule has 2 N–H and O–H groups in total. The molecular formula is C23H29N3O4S. The highest BCUT2D eigenvalue weighted by Gasteiger charge is 2.32. The van der Waals surface area contributed by atoms with E-state index in [2.05, 4.69) is 24.5 Å². The largest absolute Gasteiger partial charge is 0.325 e. The van der Waals surface area contributed by atoms with E-state index in [-0.39, 0.29) is 16.4 Å². The van der Waals surface area contributed by atoms with Gasteiger partial charge in [-0.15, -0.1) is 0 Å². The van der Waals surface area contributed by atoms with Crippen molar-refractivity contribution in [2.45, 2.75) is 39.0 Å². The molecule has 2 unspecified atom stereocenters. The van der Waals surface area contributed by atoms with Crippen molar-refractivity contribution in [3.63, 3.8) is 0 Å². The molecule has 166 valence electrons. The van der Waals surface area contributed by atoms with Crippen LogP contribution in [0.15, 0.2) is 47.4 Å². The number of amides is 2. The molecule has 1 heterocycles. The Morgan fingerprint density at radius 2 is 1.65 bits per heavy atom. The molecule has 1 fully saturated rings. The van der Waals surface area contributed by atoms with E-state index < -0.39 is 15.9 Å². The summed E-state index contributed by atoms with van der Waals surface area (Å²) in [5.41, 5.74) is 2.07. The van der Waals surface area contributed by atoms with Crippen LogP contribution < -0.4 is 10.6 Å². The van der Waals surface area contributed by atoms with Gasteiger partial charge in [0.15, 0.2) is 0 Å². The molecule has 2 amide bonds. The molecule has 0 bridgehead atoms. The van der Waals surface area contributed by atoms with Crippen molar-refractivity contribution < 1.29 is 18.0 Å². The van der Waals surface area contributed by atoms with Crippen molar-refractivity contribution in [3.05, 3.63) is 53.6 Å². The van der Waals surface area contributed by atoms with Gasteiger partial charge in [-0.3, -0.25) is 9.59 Å². The van der Waals surface area contributed by atoms with Gasteiger partial charge >= 0.3 is 0 Å². The van der Waals surface area contributed by atoms with Gasteiger partial charge in [0.2, 0.25) is 15.9 Å². The highest BCUT2D eigenvalue weighted by atomic mass is 32.2. The molecule has 0 saturated carbocycles. The highest BCUT2D eigenvalue weighted by molar-refractivity contribution is 7.89. The Balaban J connectivity index is 1.86. The van der Waals surface area contributed by atoms with Gasteiger partial charge in [0.05, 0.1) is 16.3 Å². The molecule has 1 saturated heterocycles. The molecular weight excluding hydrogens is 414 g/mol. The number of benzene rings is 2. The van der Waals surface area contributed by atoms with Crippen LogP contribution in [-0.4, -0.2) is 37.6 Å². The topological polar surface area (TPSA) is 95.6 Å². The SMILES string of the molecule is CC(=O)Nc1ccc(C)cc1NC(=O)c1cccc(S(=O)(=O)N2CC(C)CC(C)C2)c1. The minimum absolute atomic E-state index is 0.104. The Hall–Kier alpha value is -2.71. The first-order chi connectivity index (χ1) is 14.6. The number of sulfonamides is 1. The Morgan fingerprint density at radius 3 is 2.29 bits per heavy atom. The highest BCUT2D eigenvalue weighted by Crippen LogP contribution is 2.28. The Kier molecular flexibility index (Phi) is 6.81. The van der Waals surface area contributed by atoms with Gasteiger partial charge in [-0.2, -0.15) is 4.31 Å². The number of aryl methyl sites for hydroxylation is 1. The average molecular weight is 444 g/mol. The second-order valence-corrected chi connectivity index (χ2v) is 10.4. The summed E-state index contributed by atoms with van der Waals surface area (Å²) in [4.78, 5) is 24.5. The maximum absolute atomic E-state index is 13.2. The van der Waals surface area contributed by atoms with Crippen LogP contribution in [0.5, 0.6) is 0 Å². The molecule has 31 heavy (non-hydrogen) atoms. The van der Waals surface area contributed by atoms with Crippen molar-refractivity contribution in [2.75, 3.05) is 23.7 Å². The van der Waals surface area contributed by atoms with Crippen molar-refractivity contribution >= 4 is 33.2 Å². The van der Waals surface area contributed by atoms with Gasteiger partial charge in [-0.1, -0.05) is 26.0 Å². The summed E-state index contributed by atoms with van der Waals surface area (Å²) in [7, 11) is -3.69. The molecule has 2 atom stereocenters. The quantitative estimate of drug-likeness (QED) is 0.733. The van der Waals surface area contributed by atoms with E-state index in [4.69, 9.17) is 0 Å². The third-order valence-corrected chi connectivity index (χ3v) is 7.13. The van der Waals surface area contributed by atoms with Crippen LogP contribution in [-0.2, 0) is 14.8 Å². The first kappa shape index (κ1) is 23.0. The summed E-state index contributed by atoms with van der Waals surface area (Å²) in [5, 5.41) is 5.47. The third-order valence-electron chi connectivity index (χ3n) is 5.30. The van der Waals surface area contributed by atoms with Crippen molar-refractivity contribution in [1.82, 2.24) is 4.31 Å². The molecule has 1 aliphatic rings. The predicted molar refractivity (Wildman–Crippen MR) is 122 cm³/mol. The van der Waals surface area contributed by atoms with E-state index in [0.29, 0.717) is 36.3 Å². The monoisotopic (exact) mass is 443 g/mol. The van der Waals surface area contributed by atoms with Gasteiger partial charge in [0.1, 0.15) is 0 Å². The minimum atomic E-state index is -3.69. The van der Waals surface area contributed by atoms with Crippen molar-refractivity contribution in [2.24, 2.45) is 11.8 Å². The van der Waals surface area contributed by atoms with E-state index >= 15 is 0 Å². The fraction of sp³-hybridized carbons (Fsp3) is 0.391. The van der Waals surface area contributed by atoms with E-state index in [0.717, 1.165) is 12.0 Å². The zero-order chi connectivity index (χ0) is 22.8. The summed E-state index contributed by atoms with van der Waals surface area (Å²) in [5.74, 6) is -0.121. The van der Waals surface area contributed by atoms with E-state index in [9.17, 15) is 18.0 Å². The maximum atomic E-state index is 13.2. The summed E-state index contributed by atoms with van der Waals surface area (Å²) in [6.45, 7) is 8.33. The zero-order valence-electron chi connectivity index (χ0n) is 18.3. The van der Waals surface area contributed by atoms with Gasteiger partial charge < -0.3 is 10.6 Å². The number of nitrogens with zero attached hydrogens (tertiary/aromatic N) is 1. The normalized spacial score (nSPS) is 19.6. The number of rotatable bonds is 5. The lowest BCUT2D eigenvalue weighted by atomic mass is 9.94. The van der Waals surface area contributed by atoms with E-state index in [1.807, 2.05) is 13.0 Å².